The molecular weight excluding hydrogens is 256 g/mol. The first kappa shape index (κ1) is 16.2. The molecule has 0 aliphatic heterocycles. The molecule has 5 nitrogen and oxygen atoms in total. The quantitative estimate of drug-likeness (QED) is 0.493. The van der Waals surface area contributed by atoms with Gasteiger partial charge in [0.05, 0.1) is 4.92 Å². The van der Waals surface area contributed by atoms with E-state index in [1.807, 2.05) is 0 Å². The van der Waals surface area contributed by atoms with Crippen LogP contribution < -0.4 is 10.1 Å². The molecule has 0 fully saturated rings. The van der Waals surface area contributed by atoms with E-state index in [1.54, 1.807) is 13.0 Å². The third-order valence-electron chi connectivity index (χ3n) is 2.67. The monoisotopic (exact) mass is 278 g/mol. The number of hydrogen-bond donors (Lipinski definition) is 1. The molecule has 0 atom stereocenters. The van der Waals surface area contributed by atoms with Crippen LogP contribution in [-0.4, -0.2) is 23.6 Å². The number of rotatable bonds is 6. The van der Waals surface area contributed by atoms with Crippen LogP contribution in [0.25, 0.3) is 0 Å². The molecule has 5 heteroatoms. The molecule has 0 spiro atoms. The van der Waals surface area contributed by atoms with Crippen LogP contribution in [-0.2, 0) is 0 Å². The molecule has 110 valence electrons. The van der Waals surface area contributed by atoms with Gasteiger partial charge in [-0.2, -0.15) is 0 Å². The minimum Gasteiger partial charge on any atom is -0.489 e. The highest BCUT2D eigenvalue weighted by Crippen LogP contribution is 2.23. The van der Waals surface area contributed by atoms with Crippen molar-refractivity contribution in [1.29, 1.82) is 0 Å². The minimum absolute atomic E-state index is 0.0339. The molecule has 0 saturated carbocycles. The topological polar surface area (TPSA) is 64.4 Å². The molecule has 0 aliphatic carbocycles. The van der Waals surface area contributed by atoms with E-state index in [2.05, 4.69) is 32.7 Å². The first-order valence-electron chi connectivity index (χ1n) is 6.48. The van der Waals surface area contributed by atoms with Gasteiger partial charge in [0.25, 0.3) is 5.69 Å². The third-order valence-corrected chi connectivity index (χ3v) is 2.67. The fraction of sp³-hybridized carbons (Fsp3) is 0.467. The van der Waals surface area contributed by atoms with E-state index in [9.17, 15) is 10.1 Å². The Balaban J connectivity index is 2.54. The summed E-state index contributed by atoms with van der Waals surface area (Å²) in [7, 11) is 0. The van der Waals surface area contributed by atoms with E-state index in [0.29, 0.717) is 18.9 Å². The summed E-state index contributed by atoms with van der Waals surface area (Å²) in [4.78, 5) is 10.2. The Morgan fingerprint density at radius 2 is 2.10 bits per heavy atom. The zero-order chi connectivity index (χ0) is 15.3. The molecule has 0 unspecified atom stereocenters. The maximum absolute atomic E-state index is 10.7. The van der Waals surface area contributed by atoms with Crippen LogP contribution in [0.15, 0.2) is 30.4 Å². The van der Waals surface area contributed by atoms with Gasteiger partial charge in [-0.25, -0.2) is 0 Å². The molecular formula is C15H22N2O3. The van der Waals surface area contributed by atoms with E-state index in [-0.39, 0.29) is 11.2 Å². The van der Waals surface area contributed by atoms with E-state index < -0.39 is 4.92 Å². The second kappa shape index (κ2) is 6.52. The Labute approximate surface area is 119 Å². The summed E-state index contributed by atoms with van der Waals surface area (Å²) < 4.78 is 5.64. The van der Waals surface area contributed by atoms with Crippen molar-refractivity contribution in [1.82, 2.24) is 5.32 Å². The lowest BCUT2D eigenvalue weighted by Crippen LogP contribution is -2.37. The van der Waals surface area contributed by atoms with Crippen molar-refractivity contribution in [2.45, 2.75) is 33.2 Å². The van der Waals surface area contributed by atoms with Crippen LogP contribution in [0.5, 0.6) is 5.75 Å². The summed E-state index contributed by atoms with van der Waals surface area (Å²) in [5, 5.41) is 14.0. The van der Waals surface area contributed by atoms with Crippen LogP contribution in [0.4, 0.5) is 5.69 Å². The molecule has 20 heavy (non-hydrogen) atoms. The third kappa shape index (κ3) is 5.40. The largest absolute Gasteiger partial charge is 0.489 e. The highest BCUT2D eigenvalue weighted by molar-refractivity contribution is 5.43. The number of non-ortho nitro benzene ring substituents is 1. The predicted molar refractivity (Wildman–Crippen MR) is 80.2 cm³/mol. The summed E-state index contributed by atoms with van der Waals surface area (Å²) in [5.41, 5.74) is 1.78. The number of nitrogens with zero attached hydrogens (tertiary/aromatic N) is 1. The van der Waals surface area contributed by atoms with Crippen molar-refractivity contribution >= 4 is 5.69 Å². The molecule has 0 aliphatic rings. The van der Waals surface area contributed by atoms with Crippen molar-refractivity contribution < 1.29 is 9.66 Å². The molecule has 0 radical (unpaired) electrons. The fourth-order valence-corrected chi connectivity index (χ4v) is 1.53. The lowest BCUT2D eigenvalue weighted by Gasteiger charge is -2.21. The summed E-state index contributed by atoms with van der Waals surface area (Å²) in [6.45, 7) is 13.1. The minimum atomic E-state index is -0.414. The second-order valence-corrected chi connectivity index (χ2v) is 5.85. The van der Waals surface area contributed by atoms with Crippen LogP contribution in [0.3, 0.4) is 0 Å². The molecule has 1 N–H and O–H groups in total. The maximum atomic E-state index is 10.7. The lowest BCUT2D eigenvalue weighted by molar-refractivity contribution is -0.384. The van der Waals surface area contributed by atoms with Crippen LogP contribution in [0, 0.1) is 17.0 Å². The Bertz CT molecular complexity index is 504. The SMILES string of the molecule is C=C(CNC(C)(C)C)COc1ccc([N+](=O)[O-])cc1C. The van der Waals surface area contributed by atoms with Gasteiger partial charge < -0.3 is 10.1 Å². The fourth-order valence-electron chi connectivity index (χ4n) is 1.53. The van der Waals surface area contributed by atoms with E-state index in [0.717, 1.165) is 11.1 Å². The first-order valence-corrected chi connectivity index (χ1v) is 6.48. The number of hydrogen-bond acceptors (Lipinski definition) is 4. The van der Waals surface area contributed by atoms with Gasteiger partial charge >= 0.3 is 0 Å². The molecule has 1 rings (SSSR count). The number of aryl methyl sites for hydroxylation is 1. The van der Waals surface area contributed by atoms with Crippen LogP contribution in [0.1, 0.15) is 26.3 Å². The van der Waals surface area contributed by atoms with Crippen LogP contribution >= 0.6 is 0 Å². The van der Waals surface area contributed by atoms with Crippen LogP contribution in [0.2, 0.25) is 0 Å². The lowest BCUT2D eigenvalue weighted by atomic mass is 10.1. The smallest absolute Gasteiger partial charge is 0.269 e. The molecule has 0 aromatic heterocycles. The van der Waals surface area contributed by atoms with Gasteiger partial charge in [0.1, 0.15) is 12.4 Å². The van der Waals surface area contributed by atoms with Crippen molar-refractivity contribution in [2.75, 3.05) is 13.2 Å². The van der Waals surface area contributed by atoms with Gasteiger partial charge in [0, 0.05) is 24.2 Å². The number of nitro groups is 1. The number of benzene rings is 1. The molecule has 1 aromatic carbocycles. The predicted octanol–water partition coefficient (Wildman–Crippen LogP) is 3.23. The average Bonchev–Trinajstić information content (AvgIpc) is 2.33. The Hall–Kier alpha value is -1.88. The van der Waals surface area contributed by atoms with Gasteiger partial charge in [0.15, 0.2) is 0 Å². The zero-order valence-electron chi connectivity index (χ0n) is 12.5. The molecule has 0 saturated heterocycles. The Morgan fingerprint density at radius 3 is 2.60 bits per heavy atom. The van der Waals surface area contributed by atoms with Gasteiger partial charge in [-0.15, -0.1) is 0 Å². The van der Waals surface area contributed by atoms with Crippen molar-refractivity contribution in [3.63, 3.8) is 0 Å². The summed E-state index contributed by atoms with van der Waals surface area (Å²) in [5.74, 6) is 0.646. The molecule has 0 bridgehead atoms. The molecule has 0 amide bonds. The molecule has 0 heterocycles. The normalized spacial score (nSPS) is 11.2. The first-order chi connectivity index (χ1) is 9.19. The number of nitro benzene ring substituents is 1. The zero-order valence-corrected chi connectivity index (χ0v) is 12.5. The summed E-state index contributed by atoms with van der Waals surface area (Å²) in [6, 6.07) is 4.57. The van der Waals surface area contributed by atoms with E-state index >= 15 is 0 Å². The van der Waals surface area contributed by atoms with Gasteiger partial charge in [0.2, 0.25) is 0 Å². The molecule has 1 aromatic rings. The van der Waals surface area contributed by atoms with Gasteiger partial charge in [-0.3, -0.25) is 10.1 Å². The highest BCUT2D eigenvalue weighted by atomic mass is 16.6. The van der Waals surface area contributed by atoms with E-state index in [1.165, 1.54) is 12.1 Å². The number of ether oxygens (including phenoxy) is 1. The second-order valence-electron chi connectivity index (χ2n) is 5.85. The van der Waals surface area contributed by atoms with Gasteiger partial charge in [-0.05, 0) is 44.9 Å². The maximum Gasteiger partial charge on any atom is 0.269 e. The summed E-state index contributed by atoms with van der Waals surface area (Å²) in [6.07, 6.45) is 0. The number of nitrogens with one attached hydrogen (secondary N) is 1. The Morgan fingerprint density at radius 1 is 1.45 bits per heavy atom. The van der Waals surface area contributed by atoms with Crippen molar-refractivity contribution in [2.24, 2.45) is 0 Å². The van der Waals surface area contributed by atoms with Gasteiger partial charge in [-0.1, -0.05) is 6.58 Å². The Kier molecular flexibility index (Phi) is 5.27. The standard InChI is InChI=1S/C15H22N2O3/c1-11(9-16-15(3,4)5)10-20-14-7-6-13(17(18)19)8-12(14)2/h6-8,16H,1,9-10H2,2-5H3. The highest BCUT2D eigenvalue weighted by Gasteiger charge is 2.11. The summed E-state index contributed by atoms with van der Waals surface area (Å²) >= 11 is 0. The van der Waals surface area contributed by atoms with Crippen molar-refractivity contribution in [3.05, 3.63) is 46.0 Å². The van der Waals surface area contributed by atoms with Crippen molar-refractivity contribution in [3.8, 4) is 5.75 Å². The average molecular weight is 278 g/mol. The van der Waals surface area contributed by atoms with E-state index in [4.69, 9.17) is 4.74 Å².